The van der Waals surface area contributed by atoms with Crippen molar-refractivity contribution in [2.75, 3.05) is 0 Å². The fourth-order valence-corrected chi connectivity index (χ4v) is 6.66. The van der Waals surface area contributed by atoms with E-state index in [1.54, 1.807) is 0 Å². The van der Waals surface area contributed by atoms with Crippen LogP contribution in [0, 0.1) is 0 Å². The molecule has 0 amide bonds. The number of quaternary nitrogens is 3. The number of hydrogen-bond donors (Lipinski definition) is 3. The van der Waals surface area contributed by atoms with Gasteiger partial charge in [-0.25, -0.2) is 25.3 Å². The Kier molecular flexibility index (Phi) is 16.1. The van der Waals surface area contributed by atoms with E-state index in [-0.39, 0.29) is 102 Å². The predicted molar refractivity (Wildman–Crippen MR) is 188 cm³/mol. The van der Waals surface area contributed by atoms with Crippen molar-refractivity contribution in [2.24, 2.45) is 20.5 Å². The van der Waals surface area contributed by atoms with Crippen LogP contribution in [-0.4, -0.2) is 38.9 Å². The number of fused-ring (bicyclic) bond motifs is 2. The molecular formula is C32H27Cu2N7O13S3. The largest absolute Gasteiger partial charge is 2.00 e. The van der Waals surface area contributed by atoms with E-state index in [4.69, 9.17) is 0 Å². The van der Waals surface area contributed by atoms with Gasteiger partial charge in [-0.3, -0.25) is 0 Å². The standard InChI is InChI=1S/C32H22N4O13S3.2Cu.3H3N/c37-26-10-3-18-11-20(50(41,42)43)4-6-22(18)30(26)35-33-24-8-1-16(13-27(24)38)17-2-9-25(28(39)14-17)34-36-31-23-7-5-21(51(44,45)46)12-19(23)15-29(32(31)40)52(47,48)49;;;;;/h1-15,37-40H,(H,41,42,43)(H,44,45,46)(H,47,48,49);;;3*1H3/q;2*+2;;;/p-4. The van der Waals surface area contributed by atoms with Gasteiger partial charge < -0.3 is 52.5 Å². The monoisotopic (exact) mass is 939 g/mol. The number of hydrogen-bond acceptors (Lipinski definition) is 17. The van der Waals surface area contributed by atoms with Crippen LogP contribution in [0.15, 0.2) is 126 Å². The van der Waals surface area contributed by atoms with Crippen molar-refractivity contribution >= 4 is 74.6 Å². The zero-order valence-corrected chi connectivity index (χ0v) is 33.4. The quantitative estimate of drug-likeness (QED) is 0.107. The molecule has 0 bridgehead atoms. The second-order valence-corrected chi connectivity index (χ2v) is 15.0. The molecule has 0 atom stereocenters. The van der Waals surface area contributed by atoms with Crippen molar-refractivity contribution in [1.29, 1.82) is 0 Å². The molecule has 0 aliphatic rings. The first kappa shape index (κ1) is 49.9. The van der Waals surface area contributed by atoms with E-state index in [9.17, 15) is 59.3 Å². The van der Waals surface area contributed by atoms with E-state index in [0.717, 1.165) is 48.5 Å². The second kappa shape index (κ2) is 18.4. The van der Waals surface area contributed by atoms with Crippen LogP contribution in [0.2, 0.25) is 0 Å². The molecule has 0 aromatic heterocycles. The van der Waals surface area contributed by atoms with E-state index < -0.39 is 73.7 Å². The summed E-state index contributed by atoms with van der Waals surface area (Å²) in [6.45, 7) is 0. The molecule has 0 aliphatic carbocycles. The van der Waals surface area contributed by atoms with E-state index >= 15 is 0 Å². The topological polar surface area (TPSA) is 423 Å². The Morgan fingerprint density at radius 1 is 0.421 bits per heavy atom. The van der Waals surface area contributed by atoms with Crippen molar-refractivity contribution < 1.29 is 93.5 Å². The maximum absolute atomic E-state index is 12.9. The minimum atomic E-state index is -5.40. The van der Waals surface area contributed by atoms with Crippen LogP contribution in [0.4, 0.5) is 22.7 Å². The summed E-state index contributed by atoms with van der Waals surface area (Å²) in [6.07, 6.45) is 0. The molecule has 308 valence electrons. The Labute approximate surface area is 345 Å². The zero-order chi connectivity index (χ0) is 37.7. The molecule has 25 heteroatoms. The summed E-state index contributed by atoms with van der Waals surface area (Å²) in [4.78, 5) is -2.58. The van der Waals surface area contributed by atoms with E-state index in [1.165, 1.54) is 36.4 Å². The van der Waals surface area contributed by atoms with Gasteiger partial charge in [-0.05, 0) is 64.4 Å². The average Bonchev–Trinajstić information content (AvgIpc) is 3.06. The van der Waals surface area contributed by atoms with Gasteiger partial charge in [-0.15, -0.1) is 0 Å². The first-order chi connectivity index (χ1) is 24.3. The van der Waals surface area contributed by atoms with Gasteiger partial charge in [0.1, 0.15) is 30.4 Å². The average molecular weight is 941 g/mol. The summed E-state index contributed by atoms with van der Waals surface area (Å²) in [5, 5.41) is 66.2. The van der Waals surface area contributed by atoms with E-state index in [2.05, 4.69) is 20.5 Å². The van der Waals surface area contributed by atoms with Crippen LogP contribution in [0.1, 0.15) is 0 Å². The van der Waals surface area contributed by atoms with E-state index in [0.29, 0.717) is 6.07 Å². The van der Waals surface area contributed by atoms with Gasteiger partial charge in [0.2, 0.25) is 0 Å². The summed E-state index contributed by atoms with van der Waals surface area (Å²) < 4.78 is 104. The van der Waals surface area contributed by atoms with Crippen molar-refractivity contribution in [3.8, 4) is 34.1 Å². The maximum atomic E-state index is 12.9. The number of rotatable bonds is 8. The summed E-state index contributed by atoms with van der Waals surface area (Å²) >= 11 is 0. The van der Waals surface area contributed by atoms with Crippen LogP contribution in [0.5, 0.6) is 23.0 Å². The maximum Gasteiger partial charge on any atom is 2.00 e. The van der Waals surface area contributed by atoms with Crippen molar-refractivity contribution in [1.82, 2.24) is 18.5 Å². The van der Waals surface area contributed by atoms with Crippen molar-refractivity contribution in [2.45, 2.75) is 14.7 Å². The molecular weight excluding hydrogens is 914 g/mol. The molecule has 0 aliphatic heterocycles. The Balaban J connectivity index is 0.00000325. The van der Waals surface area contributed by atoms with Crippen molar-refractivity contribution in [3.63, 3.8) is 0 Å². The van der Waals surface area contributed by atoms with Crippen molar-refractivity contribution in [3.05, 3.63) is 91.0 Å². The molecule has 0 heterocycles. The third kappa shape index (κ3) is 10.4. The molecule has 6 rings (SSSR count). The number of benzene rings is 6. The van der Waals surface area contributed by atoms with Gasteiger partial charge in [0.05, 0.1) is 32.5 Å². The molecule has 57 heavy (non-hydrogen) atoms. The first-order valence-corrected chi connectivity index (χ1v) is 18.4. The number of azo groups is 2. The molecule has 6 aromatic carbocycles. The molecule has 0 fully saturated rings. The third-order valence-electron chi connectivity index (χ3n) is 7.54. The minimum Gasteiger partial charge on any atom is -0.871 e. The summed E-state index contributed by atoms with van der Waals surface area (Å²) in [5.41, 5.74) is -1.02. The van der Waals surface area contributed by atoms with Gasteiger partial charge in [0.15, 0.2) is 0 Å². The Morgan fingerprint density at radius 3 is 1.30 bits per heavy atom. The number of nitrogens with zero attached hydrogens (tertiary/aromatic N) is 4. The molecule has 6 aromatic rings. The fraction of sp³-hybridized carbons (Fsp3) is 0. The minimum absolute atomic E-state index is 0. The normalized spacial score (nSPS) is 11.6. The molecule has 12 N–H and O–H groups in total. The van der Waals surface area contributed by atoms with Gasteiger partial charge >= 0.3 is 34.1 Å². The van der Waals surface area contributed by atoms with Crippen LogP contribution < -0.4 is 38.9 Å². The van der Waals surface area contributed by atoms with Crippen LogP contribution in [-0.2, 0) is 64.5 Å². The van der Waals surface area contributed by atoms with E-state index in [1.807, 2.05) is 0 Å². The summed E-state index contributed by atoms with van der Waals surface area (Å²) in [5.74, 6) is -3.41. The van der Waals surface area contributed by atoms with Crippen LogP contribution in [0.3, 0.4) is 0 Å². The Bertz CT molecular complexity index is 2900. The van der Waals surface area contributed by atoms with Gasteiger partial charge in [0, 0.05) is 15.7 Å². The van der Waals surface area contributed by atoms with Crippen LogP contribution in [0.25, 0.3) is 32.7 Å². The molecule has 0 saturated heterocycles. The first-order valence-electron chi connectivity index (χ1n) is 14.2. The fourth-order valence-electron chi connectivity index (χ4n) is 5.05. The Morgan fingerprint density at radius 2 is 0.860 bits per heavy atom. The SMILES string of the molecule is O=S(=O)([O-])c1ccc2c(N=Nc3ccc(-c4ccc(N=Nc5c([O-])c(S(=O)(=O)[O-])cc6cc(S(=O)(=O)[O-])ccc56)c([O-])c4)cc3[O-])c([O-])ccc2c1.[Cu+2].[Cu+2].[NH4+].[NH4+].[NH4+]. The Hall–Kier alpha value is -5.11. The van der Waals surface area contributed by atoms with Gasteiger partial charge in [-0.1, -0.05) is 71.5 Å². The summed E-state index contributed by atoms with van der Waals surface area (Å²) in [6, 6.07) is 16.3. The van der Waals surface area contributed by atoms with Crippen LogP contribution >= 0.6 is 0 Å². The van der Waals surface area contributed by atoms with Gasteiger partial charge in [-0.2, -0.15) is 20.5 Å². The second-order valence-electron chi connectivity index (χ2n) is 10.9. The molecule has 2 radical (unpaired) electrons. The zero-order valence-electron chi connectivity index (χ0n) is 29.1. The predicted octanol–water partition coefficient (Wildman–Crippen LogP) is 4.62. The molecule has 20 nitrogen and oxygen atoms in total. The summed E-state index contributed by atoms with van der Waals surface area (Å²) in [7, 11) is -15.2. The smallest absolute Gasteiger partial charge is 0.871 e. The molecule has 0 unspecified atom stereocenters. The van der Waals surface area contributed by atoms with Gasteiger partial charge in [0.25, 0.3) is 0 Å². The molecule has 0 spiro atoms. The third-order valence-corrected chi connectivity index (χ3v) is 10.0. The molecule has 0 saturated carbocycles.